The van der Waals surface area contributed by atoms with E-state index in [0.29, 0.717) is 53.5 Å². The number of pyridine rings is 1. The lowest BCUT2D eigenvalue weighted by Crippen LogP contribution is -2.60. The van der Waals surface area contributed by atoms with Crippen LogP contribution in [0, 0.1) is 11.6 Å². The van der Waals surface area contributed by atoms with Gasteiger partial charge in [-0.25, -0.2) is 18.2 Å². The quantitative estimate of drug-likeness (QED) is 0.262. The van der Waals surface area contributed by atoms with Crippen molar-refractivity contribution in [1.29, 1.82) is 0 Å². The van der Waals surface area contributed by atoms with Crippen molar-refractivity contribution < 1.29 is 27.8 Å². The van der Waals surface area contributed by atoms with Gasteiger partial charge in [-0.1, -0.05) is 19.6 Å². The summed E-state index contributed by atoms with van der Waals surface area (Å²) in [6, 6.07) is 6.10. The molecule has 0 saturated carbocycles. The lowest BCUT2D eigenvalue weighted by atomic mass is 9.91. The number of allylic oxidation sites excluding steroid dienone is 1. The molecular formula is C36H37F3N6O3. The van der Waals surface area contributed by atoms with Crippen LogP contribution in [0.25, 0.3) is 38.5 Å². The maximum Gasteiger partial charge on any atom is 0.319 e. The second-order valence-corrected chi connectivity index (χ2v) is 14.0. The molecule has 2 aromatic heterocycles. The molecule has 0 radical (unpaired) electrons. The molecule has 5 atom stereocenters. The van der Waals surface area contributed by atoms with Crippen LogP contribution in [0.5, 0.6) is 17.6 Å². The molecule has 4 saturated heterocycles. The Labute approximate surface area is 275 Å². The minimum absolute atomic E-state index is 0.00132. The van der Waals surface area contributed by atoms with E-state index in [0.717, 1.165) is 32.2 Å². The average Bonchev–Trinajstić information content (AvgIpc) is 3.71. The van der Waals surface area contributed by atoms with Gasteiger partial charge in [0.2, 0.25) is 5.88 Å². The number of alkyl halides is 1. The van der Waals surface area contributed by atoms with Gasteiger partial charge in [-0.15, -0.1) is 0 Å². The number of aromatic nitrogens is 3. The third kappa shape index (κ3) is 4.48. The Morgan fingerprint density at radius 2 is 2.04 bits per heavy atom. The van der Waals surface area contributed by atoms with E-state index in [9.17, 15) is 9.50 Å². The number of aromatic hydroxyl groups is 1. The summed E-state index contributed by atoms with van der Waals surface area (Å²) in [6.45, 7) is 8.28. The van der Waals surface area contributed by atoms with Gasteiger partial charge in [-0.3, -0.25) is 4.90 Å². The first-order valence-corrected chi connectivity index (χ1v) is 17.0. The van der Waals surface area contributed by atoms with Crippen molar-refractivity contribution in [2.75, 3.05) is 37.7 Å². The number of ether oxygens (including phenoxy) is 2. The van der Waals surface area contributed by atoms with Crippen LogP contribution < -0.4 is 19.7 Å². The zero-order valence-electron chi connectivity index (χ0n) is 26.7. The predicted molar refractivity (Wildman–Crippen MR) is 176 cm³/mol. The standard InChI is InChI=1S/C36H37F3N6O3/c1-3-18(2)27-24(38)7-5-19-11-22(46)12-23(28(19)27)31-30(39)32-29-33(45-15-21-6-8-25(40-21)26(45)16-47-34(29)41-31)43-35(42-32)48-17-36-9-4-10-44(36)14-20(37)13-36/h5,7,11-12,20-21,25-26,40,46H,2-4,6,8-10,13-17H2,1H3/t20-,21-,25+,26-,36?/m0/s1. The molecule has 250 valence electrons. The highest BCUT2D eigenvalue weighted by atomic mass is 19.1. The van der Waals surface area contributed by atoms with Crippen LogP contribution in [0.2, 0.25) is 0 Å². The maximum absolute atomic E-state index is 17.2. The Kier molecular flexibility index (Phi) is 6.82. The number of phenols is 1. The lowest BCUT2D eigenvalue weighted by Gasteiger charge is -2.40. The number of piperazine rings is 1. The normalized spacial score (nSPS) is 27.6. The highest BCUT2D eigenvalue weighted by Crippen LogP contribution is 2.46. The van der Waals surface area contributed by atoms with Crippen LogP contribution in [-0.2, 0) is 0 Å². The first-order chi connectivity index (χ1) is 23.2. The van der Waals surface area contributed by atoms with E-state index in [1.807, 2.05) is 6.92 Å². The van der Waals surface area contributed by atoms with Gasteiger partial charge in [0, 0.05) is 48.1 Å². The van der Waals surface area contributed by atoms with Crippen molar-refractivity contribution in [1.82, 2.24) is 25.2 Å². The van der Waals surface area contributed by atoms with Crippen molar-refractivity contribution in [3.8, 4) is 28.9 Å². The van der Waals surface area contributed by atoms with Crippen molar-refractivity contribution in [2.45, 2.75) is 75.3 Å². The summed E-state index contributed by atoms with van der Waals surface area (Å²) in [6.07, 6.45) is 3.68. The van der Waals surface area contributed by atoms with E-state index in [1.54, 1.807) is 6.07 Å². The van der Waals surface area contributed by atoms with Gasteiger partial charge in [-0.05, 0) is 67.8 Å². The average molecular weight is 659 g/mol. The smallest absolute Gasteiger partial charge is 0.319 e. The lowest BCUT2D eigenvalue weighted by molar-refractivity contribution is 0.107. The molecule has 1 unspecified atom stereocenters. The van der Waals surface area contributed by atoms with Crippen LogP contribution in [0.3, 0.4) is 0 Å². The monoisotopic (exact) mass is 658 g/mol. The molecule has 7 heterocycles. The third-order valence-electron chi connectivity index (χ3n) is 11.3. The molecule has 4 aromatic rings. The van der Waals surface area contributed by atoms with Crippen LogP contribution in [0.4, 0.5) is 19.0 Å². The van der Waals surface area contributed by atoms with E-state index < -0.39 is 23.3 Å². The summed E-state index contributed by atoms with van der Waals surface area (Å²) in [7, 11) is 0. The Balaban J connectivity index is 1.25. The van der Waals surface area contributed by atoms with E-state index in [1.165, 1.54) is 18.2 Å². The summed E-state index contributed by atoms with van der Waals surface area (Å²) in [4.78, 5) is 18.6. The molecule has 5 aliphatic heterocycles. The number of anilines is 1. The van der Waals surface area contributed by atoms with Gasteiger partial charge in [0.05, 0.1) is 11.6 Å². The summed E-state index contributed by atoms with van der Waals surface area (Å²) in [5.74, 6) is -0.740. The Hall–Kier alpha value is -4.16. The number of nitrogens with zero attached hydrogens (tertiary/aromatic N) is 5. The maximum atomic E-state index is 17.2. The van der Waals surface area contributed by atoms with Crippen LogP contribution in [-0.4, -0.2) is 87.6 Å². The number of fused-ring (bicyclic) bond motifs is 7. The number of hydrogen-bond donors (Lipinski definition) is 2. The van der Waals surface area contributed by atoms with Gasteiger partial charge >= 0.3 is 6.01 Å². The van der Waals surface area contributed by atoms with E-state index >= 15 is 8.78 Å². The molecule has 5 aliphatic rings. The Morgan fingerprint density at radius 3 is 2.90 bits per heavy atom. The number of halogens is 3. The number of nitrogens with one attached hydrogen (secondary N) is 1. The van der Waals surface area contributed by atoms with Gasteiger partial charge in [0.15, 0.2) is 5.82 Å². The van der Waals surface area contributed by atoms with Crippen LogP contribution in [0.1, 0.15) is 51.0 Å². The molecule has 0 amide bonds. The van der Waals surface area contributed by atoms with Crippen LogP contribution >= 0.6 is 0 Å². The van der Waals surface area contributed by atoms with Crippen molar-refractivity contribution in [3.63, 3.8) is 0 Å². The summed E-state index contributed by atoms with van der Waals surface area (Å²) in [5, 5.41) is 15.7. The molecule has 12 heteroatoms. The molecule has 9 rings (SSSR count). The minimum Gasteiger partial charge on any atom is -0.508 e. The first kappa shape index (κ1) is 29.9. The van der Waals surface area contributed by atoms with E-state index in [2.05, 4.69) is 26.7 Å². The molecule has 9 nitrogen and oxygen atoms in total. The largest absolute Gasteiger partial charge is 0.508 e. The van der Waals surface area contributed by atoms with Crippen LogP contribution in [0.15, 0.2) is 30.8 Å². The van der Waals surface area contributed by atoms with Crippen molar-refractivity contribution in [2.24, 2.45) is 0 Å². The molecule has 0 aliphatic carbocycles. The van der Waals surface area contributed by atoms with E-state index in [-0.39, 0.29) is 71.3 Å². The first-order valence-electron chi connectivity index (χ1n) is 17.0. The highest BCUT2D eigenvalue weighted by Gasteiger charge is 2.50. The predicted octanol–water partition coefficient (Wildman–Crippen LogP) is 5.91. The van der Waals surface area contributed by atoms with Gasteiger partial charge in [0.1, 0.15) is 53.4 Å². The molecular weight excluding hydrogens is 621 g/mol. The highest BCUT2D eigenvalue weighted by molar-refractivity contribution is 6.06. The summed E-state index contributed by atoms with van der Waals surface area (Å²) in [5.41, 5.74) is 0.346. The molecule has 2 N–H and O–H groups in total. The molecule has 4 fully saturated rings. The fourth-order valence-electron chi connectivity index (χ4n) is 8.94. The number of rotatable bonds is 6. The minimum atomic E-state index is -0.922. The molecule has 2 aromatic carbocycles. The summed E-state index contributed by atoms with van der Waals surface area (Å²) < 4.78 is 59.9. The third-order valence-corrected chi connectivity index (χ3v) is 11.3. The fraction of sp³-hybridized carbons (Fsp3) is 0.472. The zero-order chi connectivity index (χ0) is 32.9. The van der Waals surface area contributed by atoms with Crippen molar-refractivity contribution in [3.05, 3.63) is 48.0 Å². The number of benzene rings is 2. The number of phenolic OH excluding ortho intramolecular Hbond substituents is 1. The second-order valence-electron chi connectivity index (χ2n) is 14.0. The summed E-state index contributed by atoms with van der Waals surface area (Å²) >= 11 is 0. The molecule has 0 spiro atoms. The Bertz CT molecular complexity index is 2010. The molecule has 2 bridgehead atoms. The van der Waals surface area contributed by atoms with Gasteiger partial charge in [0.25, 0.3) is 0 Å². The van der Waals surface area contributed by atoms with Crippen molar-refractivity contribution >= 4 is 33.1 Å². The van der Waals surface area contributed by atoms with E-state index in [4.69, 9.17) is 19.4 Å². The Morgan fingerprint density at radius 1 is 1.17 bits per heavy atom. The van der Waals surface area contributed by atoms with Gasteiger partial charge < -0.3 is 24.8 Å². The number of hydrogen-bond acceptors (Lipinski definition) is 9. The zero-order valence-corrected chi connectivity index (χ0v) is 26.7. The SMILES string of the molecule is C=C(CC)c1c(F)ccc2cc(O)cc(-c3nc4c5c(nc(OCC67CCCN6C[C@@H](F)C7)nc5c3F)N3C[C@@H]5CC[C@@H](N5)[C@@H]3CO4)c12. The topological polar surface area (TPSA) is 95.9 Å². The second kappa shape index (κ2) is 10.9. The molecule has 48 heavy (non-hydrogen) atoms. The van der Waals surface area contributed by atoms with Gasteiger partial charge in [-0.2, -0.15) is 9.97 Å². The fourth-order valence-corrected chi connectivity index (χ4v) is 8.94.